The van der Waals surface area contributed by atoms with Gasteiger partial charge in [-0.1, -0.05) is 11.6 Å². The van der Waals surface area contributed by atoms with Gasteiger partial charge in [-0.05, 0) is 37.6 Å². The molecule has 0 unspecified atom stereocenters. The van der Waals surface area contributed by atoms with Crippen LogP contribution in [0.25, 0.3) is 0 Å². The van der Waals surface area contributed by atoms with Gasteiger partial charge in [0.15, 0.2) is 5.96 Å². The second-order valence-corrected chi connectivity index (χ2v) is 3.96. The molecule has 92 valence electrons. The van der Waals surface area contributed by atoms with Crippen molar-refractivity contribution in [2.75, 3.05) is 11.4 Å². The molecule has 5 nitrogen and oxygen atoms in total. The smallest absolute Gasteiger partial charge is 0.328 e. The second kappa shape index (κ2) is 5.54. The predicted molar refractivity (Wildman–Crippen MR) is 69.7 cm³/mol. The lowest BCUT2D eigenvalue weighted by molar-refractivity contribution is 0.250. The summed E-state index contributed by atoms with van der Waals surface area (Å²) in [6.07, 6.45) is 0. The second-order valence-electron chi connectivity index (χ2n) is 3.52. The first-order valence-corrected chi connectivity index (χ1v) is 5.52. The summed E-state index contributed by atoms with van der Waals surface area (Å²) in [6.45, 7) is 4.18. The molecule has 0 heterocycles. The van der Waals surface area contributed by atoms with Crippen molar-refractivity contribution >= 4 is 29.3 Å². The summed E-state index contributed by atoms with van der Waals surface area (Å²) in [7, 11) is 0. The van der Waals surface area contributed by atoms with E-state index in [2.05, 4.69) is 5.32 Å². The minimum Gasteiger partial charge on any atom is -0.370 e. The van der Waals surface area contributed by atoms with Crippen molar-refractivity contribution in [2.24, 2.45) is 5.73 Å². The first kappa shape index (κ1) is 13.3. The van der Waals surface area contributed by atoms with Crippen molar-refractivity contribution < 1.29 is 4.79 Å². The molecule has 17 heavy (non-hydrogen) atoms. The zero-order chi connectivity index (χ0) is 13.0. The molecule has 6 heteroatoms. The number of guanidine groups is 1. The van der Waals surface area contributed by atoms with Crippen LogP contribution in [0.2, 0.25) is 5.02 Å². The number of anilines is 1. The van der Waals surface area contributed by atoms with Crippen molar-refractivity contribution in [2.45, 2.75) is 13.8 Å². The highest BCUT2D eigenvalue weighted by molar-refractivity contribution is 6.30. The number of halogens is 1. The van der Waals surface area contributed by atoms with Gasteiger partial charge in [0.25, 0.3) is 0 Å². The Kier molecular flexibility index (Phi) is 4.34. The van der Waals surface area contributed by atoms with E-state index in [1.165, 1.54) is 4.90 Å². The molecule has 1 aromatic carbocycles. The minimum atomic E-state index is -0.426. The van der Waals surface area contributed by atoms with Gasteiger partial charge in [-0.25, -0.2) is 4.79 Å². The van der Waals surface area contributed by atoms with E-state index in [4.69, 9.17) is 22.7 Å². The van der Waals surface area contributed by atoms with Crippen molar-refractivity contribution in [1.29, 1.82) is 5.41 Å². The number of hydrogen-bond donors (Lipinski definition) is 3. The van der Waals surface area contributed by atoms with Crippen LogP contribution in [0, 0.1) is 12.3 Å². The maximum Gasteiger partial charge on any atom is 0.328 e. The molecule has 0 spiro atoms. The Hall–Kier alpha value is -1.75. The summed E-state index contributed by atoms with van der Waals surface area (Å²) in [5.74, 6) is -0.375. The van der Waals surface area contributed by atoms with Crippen LogP contribution in [0.4, 0.5) is 10.5 Å². The van der Waals surface area contributed by atoms with Crippen LogP contribution in [0.1, 0.15) is 12.5 Å². The van der Waals surface area contributed by atoms with Gasteiger partial charge in [0.1, 0.15) is 0 Å². The van der Waals surface area contributed by atoms with E-state index in [1.807, 2.05) is 13.8 Å². The molecule has 0 aliphatic rings. The number of hydrogen-bond acceptors (Lipinski definition) is 2. The lowest BCUT2D eigenvalue weighted by Crippen LogP contribution is -2.45. The van der Waals surface area contributed by atoms with E-state index >= 15 is 0 Å². The number of nitrogens with two attached hydrogens (primary N) is 1. The SMILES string of the molecule is CCN(C(=O)NC(=N)N)c1ccc(Cl)cc1C. The Morgan fingerprint density at radius 2 is 2.24 bits per heavy atom. The number of amides is 2. The monoisotopic (exact) mass is 254 g/mol. The molecule has 0 atom stereocenters. The van der Waals surface area contributed by atoms with Crippen molar-refractivity contribution in [3.8, 4) is 0 Å². The summed E-state index contributed by atoms with van der Waals surface area (Å²) >= 11 is 5.86. The summed E-state index contributed by atoms with van der Waals surface area (Å²) in [4.78, 5) is 13.3. The fraction of sp³-hybridized carbons (Fsp3) is 0.273. The molecule has 1 aromatic rings. The van der Waals surface area contributed by atoms with Crippen LogP contribution in [0.15, 0.2) is 18.2 Å². The quantitative estimate of drug-likeness (QED) is 0.558. The van der Waals surface area contributed by atoms with Crippen LogP contribution < -0.4 is 16.0 Å². The Morgan fingerprint density at radius 3 is 2.71 bits per heavy atom. The molecule has 0 aliphatic carbocycles. The summed E-state index contributed by atoms with van der Waals surface area (Å²) < 4.78 is 0. The Morgan fingerprint density at radius 1 is 1.59 bits per heavy atom. The minimum absolute atomic E-state index is 0.375. The average Bonchev–Trinajstić information content (AvgIpc) is 2.21. The molecule has 0 radical (unpaired) electrons. The standard InChI is InChI=1S/C11H15ClN4O/c1-3-16(11(17)15-10(13)14)9-5-4-8(12)6-7(9)2/h4-6H,3H2,1-2H3,(H4,13,14,15,17). The number of rotatable bonds is 2. The Labute approximate surface area is 105 Å². The average molecular weight is 255 g/mol. The maximum atomic E-state index is 11.8. The maximum absolute atomic E-state index is 11.8. The normalized spacial score (nSPS) is 9.82. The molecule has 0 bridgehead atoms. The zero-order valence-corrected chi connectivity index (χ0v) is 10.5. The van der Waals surface area contributed by atoms with Crippen molar-refractivity contribution in [1.82, 2.24) is 5.32 Å². The number of carbonyl (C=O) groups excluding carboxylic acids is 1. The molecule has 0 fully saturated rings. The fourth-order valence-electron chi connectivity index (χ4n) is 1.53. The molecule has 4 N–H and O–H groups in total. The lowest BCUT2D eigenvalue weighted by Gasteiger charge is -2.22. The number of benzene rings is 1. The van der Waals surface area contributed by atoms with E-state index < -0.39 is 6.03 Å². The summed E-state index contributed by atoms with van der Waals surface area (Å²) in [5, 5.41) is 9.91. The summed E-state index contributed by atoms with van der Waals surface area (Å²) in [5.41, 5.74) is 6.76. The van der Waals surface area contributed by atoms with Gasteiger partial charge in [0.05, 0.1) is 0 Å². The van der Waals surface area contributed by atoms with Crippen LogP contribution in [0.5, 0.6) is 0 Å². The van der Waals surface area contributed by atoms with Crippen LogP contribution in [-0.4, -0.2) is 18.5 Å². The molecule has 0 aromatic heterocycles. The van der Waals surface area contributed by atoms with Gasteiger partial charge in [-0.15, -0.1) is 0 Å². The summed E-state index contributed by atoms with van der Waals surface area (Å²) in [6, 6.07) is 4.83. The van der Waals surface area contributed by atoms with Gasteiger partial charge in [-0.3, -0.25) is 15.6 Å². The first-order valence-electron chi connectivity index (χ1n) is 5.14. The molecule has 1 rings (SSSR count). The van der Waals surface area contributed by atoms with Crippen molar-refractivity contribution in [3.63, 3.8) is 0 Å². The molecule has 0 saturated carbocycles. The molecule has 0 aliphatic heterocycles. The van der Waals surface area contributed by atoms with Gasteiger partial charge in [-0.2, -0.15) is 0 Å². The first-order chi connectivity index (χ1) is 7.95. The van der Waals surface area contributed by atoms with E-state index in [-0.39, 0.29) is 5.96 Å². The van der Waals surface area contributed by atoms with Gasteiger partial charge < -0.3 is 5.73 Å². The van der Waals surface area contributed by atoms with E-state index in [0.29, 0.717) is 11.6 Å². The number of nitrogens with one attached hydrogen (secondary N) is 2. The molecular formula is C11H15ClN4O. The Bertz CT molecular complexity index is 447. The number of nitrogens with zero attached hydrogens (tertiary/aromatic N) is 1. The van der Waals surface area contributed by atoms with Crippen LogP contribution in [-0.2, 0) is 0 Å². The van der Waals surface area contributed by atoms with E-state index in [1.54, 1.807) is 18.2 Å². The number of urea groups is 1. The van der Waals surface area contributed by atoms with E-state index in [9.17, 15) is 4.79 Å². The highest BCUT2D eigenvalue weighted by atomic mass is 35.5. The van der Waals surface area contributed by atoms with Gasteiger partial charge in [0, 0.05) is 17.3 Å². The third kappa shape index (κ3) is 3.35. The van der Waals surface area contributed by atoms with Gasteiger partial charge in [0.2, 0.25) is 0 Å². The van der Waals surface area contributed by atoms with E-state index in [0.717, 1.165) is 11.3 Å². The molecular weight excluding hydrogens is 240 g/mol. The highest BCUT2D eigenvalue weighted by Crippen LogP contribution is 2.23. The Balaban J connectivity index is 3.01. The fourth-order valence-corrected chi connectivity index (χ4v) is 1.75. The van der Waals surface area contributed by atoms with Crippen LogP contribution in [0.3, 0.4) is 0 Å². The van der Waals surface area contributed by atoms with Gasteiger partial charge >= 0.3 is 6.03 Å². The van der Waals surface area contributed by atoms with Crippen LogP contribution >= 0.6 is 11.6 Å². The third-order valence-corrected chi connectivity index (χ3v) is 2.49. The highest BCUT2D eigenvalue weighted by Gasteiger charge is 2.16. The topological polar surface area (TPSA) is 82.2 Å². The number of aryl methyl sites for hydroxylation is 1. The third-order valence-electron chi connectivity index (χ3n) is 2.25. The largest absolute Gasteiger partial charge is 0.370 e. The predicted octanol–water partition coefficient (Wildman–Crippen LogP) is 2.08. The number of carbonyl (C=O) groups is 1. The molecule has 2 amide bonds. The zero-order valence-electron chi connectivity index (χ0n) is 9.75. The molecule has 0 saturated heterocycles. The van der Waals surface area contributed by atoms with Crippen molar-refractivity contribution in [3.05, 3.63) is 28.8 Å². The lowest BCUT2D eigenvalue weighted by atomic mass is 10.2.